The van der Waals surface area contributed by atoms with Crippen molar-refractivity contribution >= 4 is 0 Å². The molecule has 2 aliphatic heterocycles. The van der Waals surface area contributed by atoms with E-state index in [2.05, 4.69) is 28.9 Å². The second-order valence-electron chi connectivity index (χ2n) is 13.0. The van der Waals surface area contributed by atoms with E-state index in [0.29, 0.717) is 18.8 Å². The van der Waals surface area contributed by atoms with Crippen LogP contribution in [0.4, 0.5) is 0 Å². The van der Waals surface area contributed by atoms with E-state index in [0.717, 1.165) is 64.9 Å². The lowest BCUT2D eigenvalue weighted by Crippen LogP contribution is -2.59. The van der Waals surface area contributed by atoms with Crippen LogP contribution >= 0.6 is 0 Å². The largest absolute Gasteiger partial charge is 0.507 e. The molecule has 0 radical (unpaired) electrons. The van der Waals surface area contributed by atoms with Gasteiger partial charge in [-0.25, -0.2) is 0 Å². The summed E-state index contributed by atoms with van der Waals surface area (Å²) in [6.45, 7) is 4.82. The smallest absolute Gasteiger partial charge is 0.130 e. The van der Waals surface area contributed by atoms with Crippen molar-refractivity contribution in [2.45, 2.75) is 56.1 Å². The van der Waals surface area contributed by atoms with Gasteiger partial charge < -0.3 is 15.3 Å². The van der Waals surface area contributed by atoms with E-state index < -0.39 is 11.2 Å². The number of benzene rings is 5. The molecule has 5 aromatic carbocycles. The Balaban J connectivity index is 1.16. The number of rotatable bonds is 10. The van der Waals surface area contributed by atoms with Gasteiger partial charge >= 0.3 is 0 Å². The van der Waals surface area contributed by atoms with Crippen LogP contribution in [-0.4, -0.2) is 50.3 Å². The van der Waals surface area contributed by atoms with Crippen molar-refractivity contribution in [3.8, 4) is 5.75 Å². The van der Waals surface area contributed by atoms with E-state index in [1.165, 1.54) is 0 Å². The Morgan fingerprint density at radius 3 is 1.11 bits per heavy atom. The summed E-state index contributed by atoms with van der Waals surface area (Å²) < 4.78 is 0. The highest BCUT2D eigenvalue weighted by atomic mass is 16.3. The van der Waals surface area contributed by atoms with Crippen molar-refractivity contribution in [3.63, 3.8) is 0 Å². The molecule has 0 saturated carbocycles. The number of hydrogen-bond donors (Lipinski definition) is 3. The zero-order valence-corrected chi connectivity index (χ0v) is 26.3. The minimum atomic E-state index is -1.17. The molecule has 234 valence electrons. The molecule has 0 bridgehead atoms. The predicted octanol–water partition coefficient (Wildman–Crippen LogP) is 6.72. The molecule has 5 heteroatoms. The Morgan fingerprint density at radius 2 is 0.848 bits per heavy atom. The number of hydrogen-bond acceptors (Lipinski definition) is 5. The second-order valence-corrected chi connectivity index (χ2v) is 13.0. The summed E-state index contributed by atoms with van der Waals surface area (Å²) in [4.78, 5) is 4.57. The van der Waals surface area contributed by atoms with E-state index in [4.69, 9.17) is 0 Å². The van der Waals surface area contributed by atoms with Gasteiger partial charge in [0.1, 0.15) is 17.0 Å². The molecule has 0 amide bonds. The highest BCUT2D eigenvalue weighted by Crippen LogP contribution is 2.44. The van der Waals surface area contributed by atoms with Gasteiger partial charge in [0, 0.05) is 49.4 Å². The average Bonchev–Trinajstić information content (AvgIpc) is 3.08. The van der Waals surface area contributed by atoms with Crippen LogP contribution in [0.15, 0.2) is 133 Å². The molecule has 46 heavy (non-hydrogen) atoms. The third kappa shape index (κ3) is 5.33. The number of aromatic hydroxyl groups is 1. The molecule has 0 unspecified atom stereocenters. The van der Waals surface area contributed by atoms with Gasteiger partial charge in [0.25, 0.3) is 0 Å². The zero-order chi connectivity index (χ0) is 31.7. The first-order chi connectivity index (χ1) is 22.4. The van der Waals surface area contributed by atoms with Crippen LogP contribution in [0, 0.1) is 6.92 Å². The number of phenolic OH excluding ortho intramolecular Hbond substituents is 1. The predicted molar refractivity (Wildman–Crippen MR) is 182 cm³/mol. The number of nitrogens with zero attached hydrogens (tertiary/aromatic N) is 2. The van der Waals surface area contributed by atoms with Crippen LogP contribution in [0.5, 0.6) is 5.75 Å². The van der Waals surface area contributed by atoms with E-state index in [-0.39, 0.29) is 12.1 Å². The van der Waals surface area contributed by atoms with E-state index >= 15 is 0 Å². The van der Waals surface area contributed by atoms with Crippen molar-refractivity contribution in [2.75, 3.05) is 13.1 Å². The summed E-state index contributed by atoms with van der Waals surface area (Å²) >= 11 is 0. The molecule has 2 heterocycles. The summed E-state index contributed by atoms with van der Waals surface area (Å²) in [6.07, 6.45) is 1.71. The Kier molecular flexibility index (Phi) is 8.26. The summed E-state index contributed by atoms with van der Waals surface area (Å²) in [5, 5.41) is 36.6. The molecule has 0 aromatic heterocycles. The standard InChI is InChI=1S/C41H42N2O3/c1-30-26-31(28-42-24-22-37(42)40(45,33-14-6-2-7-15-33)34-16-8-3-9-17-34)39(44)32(27-30)29-43-25-23-38(43)41(46,35-18-10-4-11-19-35)36-20-12-5-13-21-36/h2-21,26-27,37-38,44-46H,22-25,28-29H2,1H3/t37-,38-/m0/s1. The molecule has 2 fully saturated rings. The van der Waals surface area contributed by atoms with Gasteiger partial charge in [0.2, 0.25) is 0 Å². The van der Waals surface area contributed by atoms with Crippen molar-refractivity contribution < 1.29 is 15.3 Å². The molecule has 0 aliphatic carbocycles. The van der Waals surface area contributed by atoms with E-state index in [1.54, 1.807) is 0 Å². The normalized spacial score (nSPS) is 18.9. The van der Waals surface area contributed by atoms with Gasteiger partial charge in [-0.05, 0) is 42.0 Å². The molecule has 2 aliphatic rings. The summed E-state index contributed by atoms with van der Waals surface area (Å²) in [7, 11) is 0. The van der Waals surface area contributed by atoms with Gasteiger partial charge in [-0.1, -0.05) is 139 Å². The Bertz CT molecular complexity index is 1550. The second kappa shape index (κ2) is 12.5. The molecule has 3 N–H and O–H groups in total. The highest BCUT2D eigenvalue weighted by molar-refractivity contribution is 5.45. The molecule has 7 rings (SSSR count). The Morgan fingerprint density at radius 1 is 0.543 bits per heavy atom. The number of aliphatic hydroxyl groups is 2. The number of likely N-dealkylation sites (tertiary alicyclic amines) is 2. The Labute approximate surface area is 272 Å². The fourth-order valence-electron chi connectivity index (χ4n) is 7.69. The van der Waals surface area contributed by atoms with Gasteiger partial charge in [-0.3, -0.25) is 9.80 Å². The summed E-state index contributed by atoms with van der Waals surface area (Å²) in [5.41, 5.74) is 3.95. The fraction of sp³-hybridized carbons (Fsp3) is 0.268. The monoisotopic (exact) mass is 610 g/mol. The molecule has 2 atom stereocenters. The lowest BCUT2D eigenvalue weighted by atomic mass is 9.74. The lowest BCUT2D eigenvalue weighted by Gasteiger charge is -2.51. The van der Waals surface area contributed by atoms with Crippen LogP contribution < -0.4 is 0 Å². The highest BCUT2D eigenvalue weighted by Gasteiger charge is 2.49. The Hall–Kier alpha value is -4.26. The number of phenols is 1. The molecular weight excluding hydrogens is 568 g/mol. The van der Waals surface area contributed by atoms with Crippen LogP contribution in [0.25, 0.3) is 0 Å². The molecule has 5 nitrogen and oxygen atoms in total. The summed E-state index contributed by atoms with van der Waals surface area (Å²) in [5.74, 6) is 0.299. The third-order valence-electron chi connectivity index (χ3n) is 10.2. The van der Waals surface area contributed by atoms with E-state index in [1.807, 2.05) is 121 Å². The number of aryl methyl sites for hydroxylation is 1. The maximum atomic E-state index is 12.4. The zero-order valence-electron chi connectivity index (χ0n) is 26.3. The maximum Gasteiger partial charge on any atom is 0.130 e. The first-order valence-corrected chi connectivity index (χ1v) is 16.4. The summed E-state index contributed by atoms with van der Waals surface area (Å²) in [6, 6.07) is 43.6. The van der Waals surface area contributed by atoms with Crippen LogP contribution in [0.3, 0.4) is 0 Å². The van der Waals surface area contributed by atoms with Crippen LogP contribution in [0.2, 0.25) is 0 Å². The lowest BCUT2D eigenvalue weighted by molar-refractivity contribution is -0.0771. The minimum Gasteiger partial charge on any atom is -0.507 e. The quantitative estimate of drug-likeness (QED) is 0.164. The SMILES string of the molecule is Cc1cc(CN2CC[C@H]2C(O)(c2ccccc2)c2ccccc2)c(O)c(CN2CC[C@H]2C(O)(c2ccccc2)c2ccccc2)c1. The molecule has 0 spiro atoms. The van der Waals surface area contributed by atoms with Gasteiger partial charge in [-0.15, -0.1) is 0 Å². The molecule has 2 saturated heterocycles. The first-order valence-electron chi connectivity index (χ1n) is 16.4. The average molecular weight is 611 g/mol. The van der Waals surface area contributed by atoms with Gasteiger partial charge in [0.15, 0.2) is 0 Å². The third-order valence-corrected chi connectivity index (χ3v) is 10.2. The van der Waals surface area contributed by atoms with Crippen LogP contribution in [0.1, 0.15) is 51.8 Å². The van der Waals surface area contributed by atoms with E-state index in [9.17, 15) is 15.3 Å². The molecular formula is C41H42N2O3. The fourth-order valence-corrected chi connectivity index (χ4v) is 7.69. The van der Waals surface area contributed by atoms with Crippen molar-refractivity contribution in [3.05, 3.63) is 172 Å². The topological polar surface area (TPSA) is 67.2 Å². The van der Waals surface area contributed by atoms with Crippen molar-refractivity contribution in [2.24, 2.45) is 0 Å². The van der Waals surface area contributed by atoms with Gasteiger partial charge in [-0.2, -0.15) is 0 Å². The van der Waals surface area contributed by atoms with Crippen molar-refractivity contribution in [1.29, 1.82) is 0 Å². The minimum absolute atomic E-state index is 0.132. The van der Waals surface area contributed by atoms with Crippen molar-refractivity contribution in [1.82, 2.24) is 9.80 Å². The van der Waals surface area contributed by atoms with Crippen LogP contribution in [-0.2, 0) is 24.3 Å². The first kappa shape index (κ1) is 30.4. The van der Waals surface area contributed by atoms with Gasteiger partial charge in [0.05, 0.1) is 0 Å². The maximum absolute atomic E-state index is 12.4. The molecule has 5 aromatic rings.